The van der Waals surface area contributed by atoms with Crippen molar-refractivity contribution in [1.29, 1.82) is 0 Å². The van der Waals surface area contributed by atoms with E-state index < -0.39 is 4.92 Å². The van der Waals surface area contributed by atoms with Gasteiger partial charge in [0.1, 0.15) is 0 Å². The van der Waals surface area contributed by atoms with Gasteiger partial charge in [-0.2, -0.15) is 0 Å². The Kier molecular flexibility index (Phi) is 4.05. The van der Waals surface area contributed by atoms with Gasteiger partial charge in [-0.3, -0.25) is 14.9 Å². The highest BCUT2D eigenvalue weighted by molar-refractivity contribution is 6.06. The second-order valence-corrected chi connectivity index (χ2v) is 4.42. The predicted molar refractivity (Wildman–Crippen MR) is 77.6 cm³/mol. The zero-order valence-electron chi connectivity index (χ0n) is 10.9. The summed E-state index contributed by atoms with van der Waals surface area (Å²) in [7, 11) is 0. The highest BCUT2D eigenvalue weighted by atomic mass is 16.6. The molecule has 0 unspecified atom stereocenters. The largest absolute Gasteiger partial charge is 0.289 e. The number of allylic oxidation sites excluding steroid dienone is 1. The van der Waals surface area contributed by atoms with Gasteiger partial charge in [0.05, 0.1) is 4.92 Å². The van der Waals surface area contributed by atoms with Crippen LogP contribution in [0.3, 0.4) is 0 Å². The van der Waals surface area contributed by atoms with Crippen LogP contribution < -0.4 is 0 Å². The van der Waals surface area contributed by atoms with Crippen LogP contribution in [0.1, 0.15) is 21.5 Å². The van der Waals surface area contributed by atoms with E-state index in [2.05, 4.69) is 0 Å². The Balaban J connectivity index is 2.19. The standard InChI is InChI=1S/C16H13NO3/c1-12-4-2-6-14(10-12)16(18)9-8-13-5-3-7-15(11-13)17(19)20/h2-11H,1H3. The molecule has 0 saturated heterocycles. The minimum atomic E-state index is -0.459. The highest BCUT2D eigenvalue weighted by Crippen LogP contribution is 2.14. The summed E-state index contributed by atoms with van der Waals surface area (Å²) >= 11 is 0. The first-order valence-electron chi connectivity index (χ1n) is 6.10. The molecule has 0 heterocycles. The van der Waals surface area contributed by atoms with Crippen LogP contribution in [0, 0.1) is 17.0 Å². The molecule has 2 aromatic rings. The van der Waals surface area contributed by atoms with Crippen LogP contribution >= 0.6 is 0 Å². The number of hydrogen-bond acceptors (Lipinski definition) is 3. The molecule has 4 heteroatoms. The van der Waals surface area contributed by atoms with Gasteiger partial charge in [-0.05, 0) is 24.6 Å². The van der Waals surface area contributed by atoms with Gasteiger partial charge in [-0.15, -0.1) is 0 Å². The number of nitro benzene ring substituents is 1. The second kappa shape index (κ2) is 5.93. The van der Waals surface area contributed by atoms with Gasteiger partial charge in [-0.1, -0.05) is 42.0 Å². The molecular weight excluding hydrogens is 254 g/mol. The third kappa shape index (κ3) is 3.38. The van der Waals surface area contributed by atoms with Crippen molar-refractivity contribution in [3.05, 3.63) is 81.4 Å². The second-order valence-electron chi connectivity index (χ2n) is 4.42. The van der Waals surface area contributed by atoms with Crippen molar-refractivity contribution in [1.82, 2.24) is 0 Å². The van der Waals surface area contributed by atoms with E-state index in [0.717, 1.165) is 5.56 Å². The summed E-state index contributed by atoms with van der Waals surface area (Å²) in [5.41, 5.74) is 2.25. The summed E-state index contributed by atoms with van der Waals surface area (Å²) in [6.45, 7) is 1.92. The Labute approximate surface area is 116 Å². The molecule has 0 aromatic heterocycles. The normalized spacial score (nSPS) is 10.7. The zero-order valence-corrected chi connectivity index (χ0v) is 10.9. The van der Waals surface area contributed by atoms with Gasteiger partial charge in [-0.25, -0.2) is 0 Å². The number of ketones is 1. The summed E-state index contributed by atoms with van der Waals surface area (Å²) in [5.74, 6) is -0.125. The van der Waals surface area contributed by atoms with Crippen molar-refractivity contribution in [2.45, 2.75) is 6.92 Å². The number of benzene rings is 2. The molecule has 0 aliphatic heterocycles. The number of nitro groups is 1. The molecule has 0 N–H and O–H groups in total. The summed E-state index contributed by atoms with van der Waals surface area (Å²) in [6, 6.07) is 13.4. The Morgan fingerprint density at radius 1 is 1.15 bits per heavy atom. The average Bonchev–Trinajstić information content (AvgIpc) is 2.45. The van der Waals surface area contributed by atoms with Crippen LogP contribution in [-0.2, 0) is 0 Å². The average molecular weight is 267 g/mol. The van der Waals surface area contributed by atoms with Gasteiger partial charge in [0.15, 0.2) is 5.78 Å². The van der Waals surface area contributed by atoms with Gasteiger partial charge in [0.2, 0.25) is 0 Å². The maximum atomic E-state index is 12.0. The first kappa shape index (κ1) is 13.7. The number of rotatable bonds is 4. The highest BCUT2D eigenvalue weighted by Gasteiger charge is 2.05. The molecule has 4 nitrogen and oxygen atoms in total. The van der Waals surface area contributed by atoms with Gasteiger partial charge in [0.25, 0.3) is 5.69 Å². The first-order valence-corrected chi connectivity index (χ1v) is 6.10. The van der Waals surface area contributed by atoms with E-state index in [1.165, 1.54) is 18.2 Å². The number of carbonyl (C=O) groups is 1. The number of aryl methyl sites for hydroxylation is 1. The van der Waals surface area contributed by atoms with Crippen LogP contribution in [0.2, 0.25) is 0 Å². The topological polar surface area (TPSA) is 60.2 Å². The number of non-ortho nitro benzene ring substituents is 1. The molecule has 0 radical (unpaired) electrons. The molecular formula is C16H13NO3. The fraction of sp³-hybridized carbons (Fsp3) is 0.0625. The molecule has 0 aliphatic rings. The molecule has 2 aromatic carbocycles. The summed E-state index contributed by atoms with van der Waals surface area (Å²) < 4.78 is 0. The Hall–Kier alpha value is -2.75. The monoisotopic (exact) mass is 267 g/mol. The lowest BCUT2D eigenvalue weighted by atomic mass is 10.1. The zero-order chi connectivity index (χ0) is 14.5. The number of hydrogen-bond donors (Lipinski definition) is 0. The minimum Gasteiger partial charge on any atom is -0.289 e. The third-order valence-electron chi connectivity index (χ3n) is 2.81. The van der Waals surface area contributed by atoms with Gasteiger partial charge < -0.3 is 0 Å². The van der Waals surface area contributed by atoms with Crippen molar-refractivity contribution in [3.63, 3.8) is 0 Å². The van der Waals surface area contributed by atoms with Crippen molar-refractivity contribution in [3.8, 4) is 0 Å². The van der Waals surface area contributed by atoms with E-state index in [4.69, 9.17) is 0 Å². The Morgan fingerprint density at radius 2 is 1.90 bits per heavy atom. The van der Waals surface area contributed by atoms with Crippen molar-refractivity contribution >= 4 is 17.5 Å². The minimum absolute atomic E-state index is 0.00940. The predicted octanol–water partition coefficient (Wildman–Crippen LogP) is 3.80. The van der Waals surface area contributed by atoms with E-state index >= 15 is 0 Å². The molecule has 0 amide bonds. The molecule has 0 aliphatic carbocycles. The Morgan fingerprint density at radius 3 is 2.60 bits per heavy atom. The van der Waals surface area contributed by atoms with E-state index in [1.807, 2.05) is 19.1 Å². The molecule has 0 atom stereocenters. The third-order valence-corrected chi connectivity index (χ3v) is 2.81. The van der Waals surface area contributed by atoms with Crippen LogP contribution in [0.5, 0.6) is 0 Å². The van der Waals surface area contributed by atoms with Gasteiger partial charge in [0, 0.05) is 17.7 Å². The van der Waals surface area contributed by atoms with Crippen LogP contribution in [-0.4, -0.2) is 10.7 Å². The fourth-order valence-electron chi connectivity index (χ4n) is 1.81. The lowest BCUT2D eigenvalue weighted by Crippen LogP contribution is -1.94. The smallest absolute Gasteiger partial charge is 0.270 e. The first-order chi connectivity index (χ1) is 9.56. The van der Waals surface area contributed by atoms with Crippen molar-refractivity contribution < 1.29 is 9.72 Å². The number of nitrogens with zero attached hydrogens (tertiary/aromatic N) is 1. The maximum absolute atomic E-state index is 12.0. The summed E-state index contributed by atoms with van der Waals surface area (Å²) in [4.78, 5) is 22.2. The lowest BCUT2D eigenvalue weighted by Gasteiger charge is -1.98. The molecule has 20 heavy (non-hydrogen) atoms. The van der Waals surface area contributed by atoms with Crippen LogP contribution in [0.15, 0.2) is 54.6 Å². The molecule has 0 bridgehead atoms. The van der Waals surface area contributed by atoms with E-state index in [9.17, 15) is 14.9 Å². The SMILES string of the molecule is Cc1cccc(C(=O)C=Cc2cccc([N+](=O)[O-])c2)c1. The lowest BCUT2D eigenvalue weighted by molar-refractivity contribution is -0.384. The van der Waals surface area contributed by atoms with E-state index in [-0.39, 0.29) is 11.5 Å². The number of carbonyl (C=O) groups excluding carboxylic acids is 1. The van der Waals surface area contributed by atoms with E-state index in [1.54, 1.807) is 30.3 Å². The molecule has 2 rings (SSSR count). The van der Waals surface area contributed by atoms with E-state index in [0.29, 0.717) is 11.1 Å². The van der Waals surface area contributed by atoms with Gasteiger partial charge >= 0.3 is 0 Å². The fourth-order valence-corrected chi connectivity index (χ4v) is 1.81. The summed E-state index contributed by atoms with van der Waals surface area (Å²) in [6.07, 6.45) is 3.01. The van der Waals surface area contributed by atoms with Crippen LogP contribution in [0.25, 0.3) is 6.08 Å². The van der Waals surface area contributed by atoms with Crippen LogP contribution in [0.4, 0.5) is 5.69 Å². The Bertz CT molecular complexity index is 690. The van der Waals surface area contributed by atoms with Crippen molar-refractivity contribution in [2.24, 2.45) is 0 Å². The molecule has 0 spiro atoms. The molecule has 100 valence electrons. The molecule has 0 fully saturated rings. The summed E-state index contributed by atoms with van der Waals surface area (Å²) in [5, 5.41) is 10.7. The quantitative estimate of drug-likeness (QED) is 0.366. The maximum Gasteiger partial charge on any atom is 0.270 e. The molecule has 0 saturated carbocycles. The van der Waals surface area contributed by atoms with Crippen molar-refractivity contribution in [2.75, 3.05) is 0 Å².